The monoisotopic (exact) mass is 174 g/mol. The first-order chi connectivity index (χ1) is 6.18. The van der Waals surface area contributed by atoms with E-state index < -0.39 is 0 Å². The minimum Gasteiger partial charge on any atom is -0.383 e. The van der Waals surface area contributed by atoms with Crippen molar-refractivity contribution in [1.29, 1.82) is 0 Å². The van der Waals surface area contributed by atoms with E-state index in [2.05, 4.69) is 22.9 Å². The van der Waals surface area contributed by atoms with Gasteiger partial charge in [-0.1, -0.05) is 6.58 Å². The molecule has 1 N–H and O–H groups in total. The number of hydrogen-bond acceptors (Lipinski definition) is 2. The van der Waals surface area contributed by atoms with E-state index >= 15 is 0 Å². The molecule has 0 unspecified atom stereocenters. The van der Waals surface area contributed by atoms with E-state index in [0.717, 1.165) is 29.9 Å². The summed E-state index contributed by atoms with van der Waals surface area (Å²) in [5.41, 5.74) is 5.77. The molecule has 0 fully saturated rings. The van der Waals surface area contributed by atoms with Crippen molar-refractivity contribution in [2.75, 3.05) is 11.9 Å². The fourth-order valence-electron chi connectivity index (χ4n) is 1.72. The molecule has 1 aliphatic rings. The fourth-order valence-corrected chi connectivity index (χ4v) is 1.72. The molecule has 1 aromatic heterocycles. The summed E-state index contributed by atoms with van der Waals surface area (Å²) >= 11 is 0. The van der Waals surface area contributed by atoms with Gasteiger partial charge in [-0.15, -0.1) is 0 Å². The highest BCUT2D eigenvalue weighted by molar-refractivity contribution is 5.66. The number of nitrogens with one attached hydrogen (secondary N) is 1. The quantitative estimate of drug-likeness (QED) is 0.707. The molecule has 0 amide bonds. The number of anilines is 1. The molecule has 2 rings (SSSR count). The smallest absolute Gasteiger partial charge is 0.0660 e. The van der Waals surface area contributed by atoms with Crippen LogP contribution in [0.4, 0.5) is 5.69 Å². The topological polar surface area (TPSA) is 24.9 Å². The van der Waals surface area contributed by atoms with Crippen LogP contribution in [0.3, 0.4) is 0 Å². The molecule has 0 bridgehead atoms. The molecule has 2 heteroatoms. The third-order valence-corrected chi connectivity index (χ3v) is 2.42. The summed E-state index contributed by atoms with van der Waals surface area (Å²) in [6, 6.07) is 2.14. The molecule has 0 spiro atoms. The van der Waals surface area contributed by atoms with Gasteiger partial charge in [-0.05, 0) is 37.5 Å². The molecule has 2 heterocycles. The second kappa shape index (κ2) is 2.87. The summed E-state index contributed by atoms with van der Waals surface area (Å²) < 4.78 is 0. The van der Waals surface area contributed by atoms with Crippen LogP contribution in [0.15, 0.2) is 12.6 Å². The van der Waals surface area contributed by atoms with E-state index in [0.29, 0.717) is 0 Å². The number of aromatic nitrogens is 1. The molecule has 1 aliphatic heterocycles. The van der Waals surface area contributed by atoms with E-state index in [1.165, 1.54) is 11.3 Å². The maximum Gasteiger partial charge on any atom is 0.0660 e. The highest BCUT2D eigenvalue weighted by atomic mass is 14.9. The minimum absolute atomic E-state index is 1.03. The molecular formula is C11H14N2. The molecule has 0 atom stereocenters. The Morgan fingerprint density at radius 2 is 2.38 bits per heavy atom. The number of nitrogens with zero attached hydrogens (tertiary/aromatic N) is 1. The fraction of sp³-hybridized carbons (Fsp3) is 0.364. The number of rotatable bonds is 1. The summed E-state index contributed by atoms with van der Waals surface area (Å²) in [5, 5.41) is 3.34. The molecule has 0 saturated carbocycles. The molecule has 0 saturated heterocycles. The van der Waals surface area contributed by atoms with Crippen LogP contribution in [-0.4, -0.2) is 11.5 Å². The van der Waals surface area contributed by atoms with Crippen LogP contribution >= 0.6 is 0 Å². The van der Waals surface area contributed by atoms with Gasteiger partial charge in [-0.3, -0.25) is 4.98 Å². The second-order valence-electron chi connectivity index (χ2n) is 3.58. The van der Waals surface area contributed by atoms with Gasteiger partial charge in [0.1, 0.15) is 0 Å². The van der Waals surface area contributed by atoms with Crippen molar-refractivity contribution in [3.05, 3.63) is 29.6 Å². The van der Waals surface area contributed by atoms with Crippen LogP contribution in [0, 0.1) is 6.92 Å². The van der Waals surface area contributed by atoms with Gasteiger partial charge in [0.2, 0.25) is 0 Å². The summed E-state index contributed by atoms with van der Waals surface area (Å²) in [6.45, 7) is 8.99. The minimum atomic E-state index is 1.03. The van der Waals surface area contributed by atoms with Crippen molar-refractivity contribution >= 4 is 11.3 Å². The second-order valence-corrected chi connectivity index (χ2v) is 3.58. The number of aryl methyl sites for hydroxylation is 1. The molecule has 2 nitrogen and oxygen atoms in total. The van der Waals surface area contributed by atoms with Gasteiger partial charge in [0.15, 0.2) is 0 Å². The Hall–Kier alpha value is -1.31. The predicted molar refractivity (Wildman–Crippen MR) is 55.9 cm³/mol. The van der Waals surface area contributed by atoms with Gasteiger partial charge >= 0.3 is 0 Å². The highest BCUT2D eigenvalue weighted by Crippen LogP contribution is 2.27. The summed E-state index contributed by atoms with van der Waals surface area (Å²) in [5.74, 6) is 0. The summed E-state index contributed by atoms with van der Waals surface area (Å²) in [6.07, 6.45) is 1.11. The zero-order valence-electron chi connectivity index (χ0n) is 8.15. The van der Waals surface area contributed by atoms with Crippen molar-refractivity contribution in [1.82, 2.24) is 4.98 Å². The van der Waals surface area contributed by atoms with Crippen molar-refractivity contribution in [3.63, 3.8) is 0 Å². The third kappa shape index (κ3) is 1.32. The van der Waals surface area contributed by atoms with Gasteiger partial charge in [0.25, 0.3) is 0 Å². The van der Waals surface area contributed by atoms with Crippen molar-refractivity contribution in [2.45, 2.75) is 20.3 Å². The average molecular weight is 174 g/mol. The van der Waals surface area contributed by atoms with Crippen LogP contribution in [0.1, 0.15) is 23.9 Å². The first-order valence-electron chi connectivity index (χ1n) is 4.59. The number of pyridine rings is 1. The Labute approximate surface area is 78.7 Å². The summed E-state index contributed by atoms with van der Waals surface area (Å²) in [7, 11) is 0. The highest BCUT2D eigenvalue weighted by Gasteiger charge is 2.14. The lowest BCUT2D eigenvalue weighted by molar-refractivity contribution is 1.10. The largest absolute Gasteiger partial charge is 0.383 e. The Morgan fingerprint density at radius 1 is 1.62 bits per heavy atom. The number of fused-ring (bicyclic) bond motifs is 1. The van der Waals surface area contributed by atoms with Crippen LogP contribution in [0.25, 0.3) is 5.57 Å². The maximum absolute atomic E-state index is 4.48. The van der Waals surface area contributed by atoms with Crippen LogP contribution in [0.5, 0.6) is 0 Å². The van der Waals surface area contributed by atoms with Gasteiger partial charge in [-0.2, -0.15) is 0 Å². The van der Waals surface area contributed by atoms with Crippen LogP contribution < -0.4 is 5.32 Å². The molecule has 0 aromatic carbocycles. The van der Waals surface area contributed by atoms with E-state index in [1.807, 2.05) is 13.8 Å². The molecule has 0 aliphatic carbocycles. The van der Waals surface area contributed by atoms with E-state index in [4.69, 9.17) is 0 Å². The Balaban J connectivity index is 2.55. The van der Waals surface area contributed by atoms with E-state index in [-0.39, 0.29) is 0 Å². The molecule has 68 valence electrons. The molecule has 0 radical (unpaired) electrons. The Bertz CT molecular complexity index is 367. The predicted octanol–water partition coefficient (Wildman–Crippen LogP) is 2.39. The van der Waals surface area contributed by atoms with E-state index in [1.54, 1.807) is 0 Å². The first-order valence-corrected chi connectivity index (χ1v) is 4.59. The van der Waals surface area contributed by atoms with Crippen LogP contribution in [-0.2, 0) is 6.42 Å². The zero-order chi connectivity index (χ0) is 9.42. The van der Waals surface area contributed by atoms with Gasteiger partial charge < -0.3 is 5.32 Å². The average Bonchev–Trinajstić information content (AvgIpc) is 2.51. The lowest BCUT2D eigenvalue weighted by atomic mass is 10.1. The zero-order valence-corrected chi connectivity index (χ0v) is 8.15. The van der Waals surface area contributed by atoms with Gasteiger partial charge in [0.05, 0.1) is 17.1 Å². The Kier molecular flexibility index (Phi) is 1.83. The molecule has 1 aromatic rings. The van der Waals surface area contributed by atoms with Crippen molar-refractivity contribution in [3.8, 4) is 0 Å². The van der Waals surface area contributed by atoms with Gasteiger partial charge in [-0.25, -0.2) is 0 Å². The lowest BCUT2D eigenvalue weighted by Gasteiger charge is -2.06. The normalized spacial score (nSPS) is 13.7. The number of allylic oxidation sites excluding steroid dienone is 1. The lowest BCUT2D eigenvalue weighted by Crippen LogP contribution is -1.96. The van der Waals surface area contributed by atoms with E-state index in [9.17, 15) is 0 Å². The SMILES string of the molecule is C=C(C)c1cc2c(c(C)n1)NCC2. The molecular weight excluding hydrogens is 160 g/mol. The van der Waals surface area contributed by atoms with Gasteiger partial charge in [0, 0.05) is 6.54 Å². The third-order valence-electron chi connectivity index (χ3n) is 2.42. The summed E-state index contributed by atoms with van der Waals surface area (Å²) in [4.78, 5) is 4.48. The van der Waals surface area contributed by atoms with Crippen molar-refractivity contribution < 1.29 is 0 Å². The first kappa shape index (κ1) is 8.30. The maximum atomic E-state index is 4.48. The molecule has 13 heavy (non-hydrogen) atoms. The standard InChI is InChI=1S/C11H14N2/c1-7(2)10-6-9-4-5-12-11(9)8(3)13-10/h6,12H,1,4-5H2,2-3H3. The number of hydrogen-bond donors (Lipinski definition) is 1. The van der Waals surface area contributed by atoms with Crippen molar-refractivity contribution in [2.24, 2.45) is 0 Å². The Morgan fingerprint density at radius 3 is 3.08 bits per heavy atom. The van der Waals surface area contributed by atoms with Crippen LogP contribution in [0.2, 0.25) is 0 Å².